The molecule has 14 heavy (non-hydrogen) atoms. The zero-order valence-electron chi connectivity index (χ0n) is 8.66. The molecule has 0 aliphatic carbocycles. The lowest BCUT2D eigenvalue weighted by molar-refractivity contribution is 0.105. The lowest BCUT2D eigenvalue weighted by Gasteiger charge is -2.05. The van der Waals surface area contributed by atoms with Gasteiger partial charge in [0, 0.05) is 0 Å². The first-order valence-electron chi connectivity index (χ1n) is 4.75. The van der Waals surface area contributed by atoms with E-state index in [9.17, 15) is 0 Å². The lowest BCUT2D eigenvalue weighted by Crippen LogP contribution is -2.03. The molecule has 0 N–H and O–H groups in total. The number of nitrogens with zero attached hydrogens (tertiary/aromatic N) is 1. The summed E-state index contributed by atoms with van der Waals surface area (Å²) in [6, 6.07) is 10.3. The fourth-order valence-corrected chi connectivity index (χ4v) is 1.19. The Kier molecular flexibility index (Phi) is 4.15. The summed E-state index contributed by atoms with van der Waals surface area (Å²) in [5.41, 5.74) is 2.40. The predicted octanol–water partition coefficient (Wildman–Crippen LogP) is 2.67. The van der Waals surface area contributed by atoms with Gasteiger partial charge in [0.2, 0.25) is 0 Å². The molecule has 0 saturated carbocycles. The molecule has 0 aliphatic rings. The Morgan fingerprint density at radius 2 is 2.29 bits per heavy atom. The van der Waals surface area contributed by atoms with E-state index in [0.717, 1.165) is 5.56 Å². The van der Waals surface area contributed by atoms with Crippen LogP contribution in [-0.2, 0) is 11.3 Å². The van der Waals surface area contributed by atoms with Crippen LogP contribution in [0.3, 0.4) is 0 Å². The van der Waals surface area contributed by atoms with Crippen molar-refractivity contribution in [3.8, 4) is 6.07 Å². The molecule has 2 heteroatoms. The summed E-state index contributed by atoms with van der Waals surface area (Å²) in [5, 5.41) is 8.55. The van der Waals surface area contributed by atoms with E-state index >= 15 is 0 Å². The molecule has 0 amide bonds. The van der Waals surface area contributed by atoms with Crippen LogP contribution in [0.15, 0.2) is 24.3 Å². The van der Waals surface area contributed by atoms with Gasteiger partial charge in [0.1, 0.15) is 0 Å². The highest BCUT2D eigenvalue weighted by Gasteiger charge is 1.99. The molecule has 0 radical (unpaired) electrons. The third kappa shape index (κ3) is 3.59. The molecule has 0 aliphatic heterocycles. The molecule has 1 unspecified atom stereocenters. The number of rotatable bonds is 4. The predicted molar refractivity (Wildman–Crippen MR) is 55.6 cm³/mol. The quantitative estimate of drug-likeness (QED) is 0.729. The monoisotopic (exact) mass is 189 g/mol. The summed E-state index contributed by atoms with van der Waals surface area (Å²) in [7, 11) is 0. The highest BCUT2D eigenvalue weighted by Crippen LogP contribution is 2.06. The van der Waals surface area contributed by atoms with Gasteiger partial charge in [0.25, 0.3) is 0 Å². The molecule has 0 saturated heterocycles. The van der Waals surface area contributed by atoms with Crippen LogP contribution in [0.4, 0.5) is 0 Å². The fourth-order valence-electron chi connectivity index (χ4n) is 1.19. The first-order chi connectivity index (χ1) is 6.72. The van der Waals surface area contributed by atoms with Gasteiger partial charge in [-0.05, 0) is 19.4 Å². The number of ether oxygens (including phenoxy) is 1. The van der Waals surface area contributed by atoms with Crippen LogP contribution in [0.2, 0.25) is 0 Å². The minimum absolute atomic E-state index is 0.0280. The summed E-state index contributed by atoms with van der Waals surface area (Å²) < 4.78 is 5.40. The second-order valence-corrected chi connectivity index (χ2v) is 3.53. The van der Waals surface area contributed by atoms with Crippen molar-refractivity contribution in [1.29, 1.82) is 5.26 Å². The number of hydrogen-bond donors (Lipinski definition) is 0. The topological polar surface area (TPSA) is 33.0 Å². The van der Waals surface area contributed by atoms with Gasteiger partial charge in [-0.25, -0.2) is 0 Å². The molecule has 1 aromatic rings. The Labute approximate surface area is 85.1 Å². The van der Waals surface area contributed by atoms with Crippen molar-refractivity contribution in [1.82, 2.24) is 0 Å². The van der Waals surface area contributed by atoms with E-state index in [-0.39, 0.29) is 5.92 Å². The standard InChI is InChI=1S/C12H15NO/c1-10-4-3-5-12(6-10)9-14-8-11(2)7-13/h3-6,11H,8-9H2,1-2H3. The number of aryl methyl sites for hydroxylation is 1. The Morgan fingerprint density at radius 1 is 1.50 bits per heavy atom. The summed E-state index contributed by atoms with van der Waals surface area (Å²) in [6.45, 7) is 5.01. The second kappa shape index (κ2) is 5.41. The van der Waals surface area contributed by atoms with Crippen LogP contribution in [0.5, 0.6) is 0 Å². The summed E-state index contributed by atoms with van der Waals surface area (Å²) in [4.78, 5) is 0. The molecule has 1 rings (SSSR count). The van der Waals surface area contributed by atoms with Crippen molar-refractivity contribution in [2.75, 3.05) is 6.61 Å². The molecule has 0 fully saturated rings. The first kappa shape index (κ1) is 10.7. The van der Waals surface area contributed by atoms with Crippen molar-refractivity contribution in [3.63, 3.8) is 0 Å². The van der Waals surface area contributed by atoms with E-state index in [4.69, 9.17) is 10.00 Å². The van der Waals surface area contributed by atoms with Gasteiger partial charge in [0.15, 0.2) is 0 Å². The van der Waals surface area contributed by atoms with Gasteiger partial charge < -0.3 is 4.74 Å². The van der Waals surface area contributed by atoms with E-state index in [2.05, 4.69) is 25.1 Å². The average molecular weight is 189 g/mol. The zero-order valence-corrected chi connectivity index (χ0v) is 8.66. The maximum atomic E-state index is 8.55. The highest BCUT2D eigenvalue weighted by molar-refractivity contribution is 5.21. The van der Waals surface area contributed by atoms with Gasteiger partial charge in [-0.3, -0.25) is 0 Å². The molecule has 0 aromatic heterocycles. The maximum Gasteiger partial charge on any atom is 0.0717 e. The Morgan fingerprint density at radius 3 is 2.93 bits per heavy atom. The van der Waals surface area contributed by atoms with Crippen LogP contribution < -0.4 is 0 Å². The SMILES string of the molecule is Cc1cccc(COCC(C)C#N)c1. The van der Waals surface area contributed by atoms with Crippen LogP contribution in [0, 0.1) is 24.2 Å². The largest absolute Gasteiger partial charge is 0.375 e. The molecule has 0 heterocycles. The van der Waals surface area contributed by atoms with Crippen LogP contribution >= 0.6 is 0 Å². The first-order valence-corrected chi connectivity index (χ1v) is 4.75. The number of nitriles is 1. The minimum atomic E-state index is -0.0280. The summed E-state index contributed by atoms with van der Waals surface area (Å²) >= 11 is 0. The Bertz CT molecular complexity index is 327. The number of hydrogen-bond acceptors (Lipinski definition) is 2. The van der Waals surface area contributed by atoms with Gasteiger partial charge in [-0.2, -0.15) is 5.26 Å². The fraction of sp³-hybridized carbons (Fsp3) is 0.417. The van der Waals surface area contributed by atoms with Crippen molar-refractivity contribution < 1.29 is 4.74 Å². The Balaban J connectivity index is 2.36. The molecule has 0 bridgehead atoms. The second-order valence-electron chi connectivity index (χ2n) is 3.53. The lowest BCUT2D eigenvalue weighted by atomic mass is 10.1. The van der Waals surface area contributed by atoms with Crippen LogP contribution in [-0.4, -0.2) is 6.61 Å². The summed E-state index contributed by atoms with van der Waals surface area (Å²) in [6.07, 6.45) is 0. The average Bonchev–Trinajstić information content (AvgIpc) is 2.17. The van der Waals surface area contributed by atoms with Gasteiger partial charge >= 0.3 is 0 Å². The zero-order chi connectivity index (χ0) is 10.4. The van der Waals surface area contributed by atoms with Crippen molar-refractivity contribution in [2.45, 2.75) is 20.5 Å². The van der Waals surface area contributed by atoms with E-state index in [1.807, 2.05) is 19.1 Å². The maximum absolute atomic E-state index is 8.55. The van der Waals surface area contributed by atoms with Crippen molar-refractivity contribution in [3.05, 3.63) is 35.4 Å². The van der Waals surface area contributed by atoms with Crippen LogP contribution in [0.1, 0.15) is 18.1 Å². The summed E-state index contributed by atoms with van der Waals surface area (Å²) in [5.74, 6) is -0.0280. The Hall–Kier alpha value is -1.33. The van der Waals surface area contributed by atoms with E-state index in [1.165, 1.54) is 5.56 Å². The van der Waals surface area contributed by atoms with Gasteiger partial charge in [-0.15, -0.1) is 0 Å². The molecule has 0 spiro atoms. The highest BCUT2D eigenvalue weighted by atomic mass is 16.5. The van der Waals surface area contributed by atoms with E-state index in [0.29, 0.717) is 13.2 Å². The van der Waals surface area contributed by atoms with Gasteiger partial charge in [0.05, 0.1) is 25.2 Å². The third-order valence-corrected chi connectivity index (χ3v) is 1.94. The normalized spacial score (nSPS) is 12.1. The molecular formula is C12H15NO. The third-order valence-electron chi connectivity index (χ3n) is 1.94. The van der Waals surface area contributed by atoms with E-state index in [1.54, 1.807) is 0 Å². The minimum Gasteiger partial charge on any atom is -0.375 e. The molecule has 2 nitrogen and oxygen atoms in total. The molecule has 74 valence electrons. The van der Waals surface area contributed by atoms with Crippen molar-refractivity contribution in [2.24, 2.45) is 5.92 Å². The van der Waals surface area contributed by atoms with E-state index < -0.39 is 0 Å². The molecule has 1 aromatic carbocycles. The number of benzene rings is 1. The van der Waals surface area contributed by atoms with Crippen LogP contribution in [0.25, 0.3) is 0 Å². The molecule has 1 atom stereocenters. The van der Waals surface area contributed by atoms with Crippen molar-refractivity contribution >= 4 is 0 Å². The van der Waals surface area contributed by atoms with Gasteiger partial charge in [-0.1, -0.05) is 29.8 Å². The molecular weight excluding hydrogens is 174 g/mol. The smallest absolute Gasteiger partial charge is 0.0717 e.